The fourth-order valence-corrected chi connectivity index (χ4v) is 3.79. The predicted octanol–water partition coefficient (Wildman–Crippen LogP) is 5.71. The topological polar surface area (TPSA) is 45.5 Å². The smallest absolute Gasteiger partial charge is 0.161 e. The largest absolute Gasteiger partial charge is 0.494 e. The normalized spacial score (nSPS) is 10.9. The van der Waals surface area contributed by atoms with Crippen LogP contribution in [0.1, 0.15) is 23.4 Å². The van der Waals surface area contributed by atoms with Crippen LogP contribution in [0.5, 0.6) is 17.2 Å². The standard InChI is InChI=1S/C26H28N2O3/c1-19-15-20(2)17-21(16-19)30-14-8-13-28-23-10-5-4-9-22(23)27-26(28)18-31-25-12-7-6-11-24(25)29-3/h4-7,9-12,15-17H,8,13-14,18H2,1-3H3. The Labute approximate surface area is 183 Å². The first kappa shape index (κ1) is 20.8. The van der Waals surface area contributed by atoms with Gasteiger partial charge in [-0.1, -0.05) is 30.3 Å². The van der Waals surface area contributed by atoms with Gasteiger partial charge in [0.1, 0.15) is 18.2 Å². The van der Waals surface area contributed by atoms with Crippen molar-refractivity contribution < 1.29 is 14.2 Å². The second-order valence-corrected chi connectivity index (χ2v) is 7.63. The fourth-order valence-electron chi connectivity index (χ4n) is 3.79. The van der Waals surface area contributed by atoms with Crippen LogP contribution in [0.3, 0.4) is 0 Å². The second-order valence-electron chi connectivity index (χ2n) is 7.63. The van der Waals surface area contributed by atoms with Crippen LogP contribution in [0.25, 0.3) is 11.0 Å². The summed E-state index contributed by atoms with van der Waals surface area (Å²) < 4.78 is 19.7. The summed E-state index contributed by atoms with van der Waals surface area (Å²) in [6, 6.07) is 22.1. The Kier molecular flexibility index (Phi) is 6.41. The van der Waals surface area contributed by atoms with Gasteiger partial charge < -0.3 is 18.8 Å². The molecule has 1 aromatic heterocycles. The average Bonchev–Trinajstić information content (AvgIpc) is 3.12. The highest BCUT2D eigenvalue weighted by atomic mass is 16.5. The highest BCUT2D eigenvalue weighted by molar-refractivity contribution is 5.75. The Balaban J connectivity index is 1.46. The first-order valence-electron chi connectivity index (χ1n) is 10.5. The third-order valence-corrected chi connectivity index (χ3v) is 5.15. The van der Waals surface area contributed by atoms with E-state index in [1.807, 2.05) is 42.5 Å². The summed E-state index contributed by atoms with van der Waals surface area (Å²) in [5.41, 5.74) is 4.50. The highest BCUT2D eigenvalue weighted by Gasteiger charge is 2.12. The molecule has 4 rings (SSSR count). The first-order valence-corrected chi connectivity index (χ1v) is 10.5. The molecular formula is C26H28N2O3. The quantitative estimate of drug-likeness (QED) is 0.328. The number of imidazole rings is 1. The van der Waals surface area contributed by atoms with Gasteiger partial charge in [0.25, 0.3) is 0 Å². The number of fused-ring (bicyclic) bond motifs is 1. The Morgan fingerprint density at radius 3 is 2.32 bits per heavy atom. The van der Waals surface area contributed by atoms with E-state index in [9.17, 15) is 0 Å². The Hall–Kier alpha value is -3.47. The number of ether oxygens (including phenoxy) is 3. The molecule has 5 nitrogen and oxygen atoms in total. The molecule has 0 aliphatic carbocycles. The summed E-state index contributed by atoms with van der Waals surface area (Å²) >= 11 is 0. The van der Waals surface area contributed by atoms with Crippen LogP contribution in [0, 0.1) is 13.8 Å². The molecule has 5 heteroatoms. The minimum Gasteiger partial charge on any atom is -0.494 e. The maximum absolute atomic E-state index is 6.05. The monoisotopic (exact) mass is 416 g/mol. The lowest BCUT2D eigenvalue weighted by atomic mass is 10.1. The van der Waals surface area contributed by atoms with Crippen molar-refractivity contribution in [2.75, 3.05) is 13.7 Å². The molecule has 0 unspecified atom stereocenters. The number of benzene rings is 3. The van der Waals surface area contributed by atoms with Gasteiger partial charge in [-0.05, 0) is 67.8 Å². The summed E-state index contributed by atoms with van der Waals surface area (Å²) in [4.78, 5) is 4.80. The van der Waals surface area contributed by atoms with E-state index in [1.165, 1.54) is 11.1 Å². The molecule has 31 heavy (non-hydrogen) atoms. The third kappa shape index (κ3) is 5.00. The maximum atomic E-state index is 6.05. The molecule has 0 N–H and O–H groups in total. The zero-order valence-corrected chi connectivity index (χ0v) is 18.3. The van der Waals surface area contributed by atoms with Gasteiger partial charge in [-0.3, -0.25) is 0 Å². The van der Waals surface area contributed by atoms with Crippen molar-refractivity contribution in [2.45, 2.75) is 33.4 Å². The summed E-state index contributed by atoms with van der Waals surface area (Å²) in [6.45, 7) is 5.99. The van der Waals surface area contributed by atoms with Crippen molar-refractivity contribution in [3.05, 3.63) is 83.7 Å². The third-order valence-electron chi connectivity index (χ3n) is 5.15. The molecule has 0 amide bonds. The van der Waals surface area contributed by atoms with E-state index in [0.29, 0.717) is 24.7 Å². The highest BCUT2D eigenvalue weighted by Crippen LogP contribution is 2.27. The van der Waals surface area contributed by atoms with Crippen LogP contribution < -0.4 is 14.2 Å². The molecule has 0 saturated carbocycles. The van der Waals surface area contributed by atoms with Crippen molar-refractivity contribution in [1.82, 2.24) is 9.55 Å². The number of rotatable bonds is 9. The molecule has 1 heterocycles. The molecule has 0 spiro atoms. The van der Waals surface area contributed by atoms with E-state index in [4.69, 9.17) is 19.2 Å². The Morgan fingerprint density at radius 2 is 1.55 bits per heavy atom. The lowest BCUT2D eigenvalue weighted by Gasteiger charge is -2.13. The van der Waals surface area contributed by atoms with Crippen LogP contribution in [0.2, 0.25) is 0 Å². The van der Waals surface area contributed by atoms with Crippen LogP contribution in [0.15, 0.2) is 66.7 Å². The van der Waals surface area contributed by atoms with E-state index in [0.717, 1.165) is 35.6 Å². The number of aryl methyl sites for hydroxylation is 3. The van der Waals surface area contributed by atoms with Gasteiger partial charge in [-0.25, -0.2) is 4.98 Å². The SMILES string of the molecule is COc1ccccc1OCc1nc2ccccc2n1CCCOc1cc(C)cc(C)c1. The number of hydrogen-bond acceptors (Lipinski definition) is 4. The minimum atomic E-state index is 0.368. The van der Waals surface area contributed by atoms with E-state index < -0.39 is 0 Å². The van der Waals surface area contributed by atoms with Crippen LogP contribution in [-0.4, -0.2) is 23.3 Å². The minimum absolute atomic E-state index is 0.368. The van der Waals surface area contributed by atoms with Gasteiger partial charge in [-0.15, -0.1) is 0 Å². The van der Waals surface area contributed by atoms with E-state index in [-0.39, 0.29) is 0 Å². The number of aromatic nitrogens is 2. The molecule has 4 aromatic rings. The molecule has 0 bridgehead atoms. The van der Waals surface area contributed by atoms with E-state index in [2.05, 4.69) is 42.7 Å². The molecule has 160 valence electrons. The summed E-state index contributed by atoms with van der Waals surface area (Å²) in [6.07, 6.45) is 0.870. The van der Waals surface area contributed by atoms with Crippen LogP contribution >= 0.6 is 0 Å². The van der Waals surface area contributed by atoms with E-state index >= 15 is 0 Å². The zero-order chi connectivity index (χ0) is 21.6. The van der Waals surface area contributed by atoms with Gasteiger partial charge in [-0.2, -0.15) is 0 Å². The van der Waals surface area contributed by atoms with Gasteiger partial charge in [0.05, 0.1) is 24.8 Å². The molecule has 0 fully saturated rings. The van der Waals surface area contributed by atoms with E-state index in [1.54, 1.807) is 7.11 Å². The summed E-state index contributed by atoms with van der Waals surface area (Å²) in [5.74, 6) is 3.24. The summed E-state index contributed by atoms with van der Waals surface area (Å²) in [5, 5.41) is 0. The number of hydrogen-bond donors (Lipinski definition) is 0. The van der Waals surface area contributed by atoms with Gasteiger partial charge in [0.2, 0.25) is 0 Å². The lowest BCUT2D eigenvalue weighted by Crippen LogP contribution is -2.10. The molecular weight excluding hydrogens is 388 g/mol. The van der Waals surface area contributed by atoms with Gasteiger partial charge >= 0.3 is 0 Å². The molecule has 3 aromatic carbocycles. The van der Waals surface area contributed by atoms with Crippen molar-refractivity contribution in [3.63, 3.8) is 0 Å². The molecule has 0 saturated heterocycles. The zero-order valence-electron chi connectivity index (χ0n) is 18.3. The van der Waals surface area contributed by atoms with Crippen molar-refractivity contribution in [3.8, 4) is 17.2 Å². The summed E-state index contributed by atoms with van der Waals surface area (Å²) in [7, 11) is 1.65. The molecule has 0 aliphatic rings. The van der Waals surface area contributed by atoms with Crippen molar-refractivity contribution in [2.24, 2.45) is 0 Å². The molecule has 0 atom stereocenters. The number of para-hydroxylation sites is 4. The number of nitrogens with zero attached hydrogens (tertiary/aromatic N) is 2. The van der Waals surface area contributed by atoms with Gasteiger partial charge in [0.15, 0.2) is 11.5 Å². The predicted molar refractivity (Wildman–Crippen MR) is 123 cm³/mol. The van der Waals surface area contributed by atoms with Gasteiger partial charge in [0, 0.05) is 6.54 Å². The molecule has 0 aliphatic heterocycles. The maximum Gasteiger partial charge on any atom is 0.161 e. The first-order chi connectivity index (χ1) is 15.1. The molecule has 0 radical (unpaired) electrons. The van der Waals surface area contributed by atoms with Crippen LogP contribution in [0.4, 0.5) is 0 Å². The fraction of sp³-hybridized carbons (Fsp3) is 0.269. The lowest BCUT2D eigenvalue weighted by molar-refractivity contribution is 0.267. The Bertz CT molecular complexity index is 1150. The van der Waals surface area contributed by atoms with Crippen LogP contribution in [-0.2, 0) is 13.2 Å². The number of methoxy groups -OCH3 is 1. The average molecular weight is 417 g/mol. The Morgan fingerprint density at radius 1 is 0.839 bits per heavy atom. The van der Waals surface area contributed by atoms with Crippen molar-refractivity contribution in [1.29, 1.82) is 0 Å². The van der Waals surface area contributed by atoms with Crippen molar-refractivity contribution >= 4 is 11.0 Å². The second kappa shape index (κ2) is 9.56.